The van der Waals surface area contributed by atoms with Gasteiger partial charge in [0.1, 0.15) is 5.75 Å². The molecule has 2 aromatic rings. The standard InChI is InChI=1S/C18H20BrNO2/c1-3-14-6-4-5-7-17(14)22-12-18(21)20-13(2)15-8-10-16(19)11-9-15/h4-11,13H,3,12H2,1-2H3,(H,20,21). The number of carbonyl (C=O) groups is 1. The highest BCUT2D eigenvalue weighted by molar-refractivity contribution is 9.10. The van der Waals surface area contributed by atoms with Gasteiger partial charge in [-0.15, -0.1) is 0 Å². The van der Waals surface area contributed by atoms with E-state index in [0.29, 0.717) is 0 Å². The number of rotatable bonds is 6. The van der Waals surface area contributed by atoms with Crippen molar-refractivity contribution in [3.8, 4) is 5.75 Å². The van der Waals surface area contributed by atoms with E-state index in [9.17, 15) is 4.79 Å². The third-order valence-electron chi connectivity index (χ3n) is 3.46. The molecule has 0 spiro atoms. The zero-order valence-corrected chi connectivity index (χ0v) is 14.4. The van der Waals surface area contributed by atoms with Crippen LogP contribution >= 0.6 is 15.9 Å². The Labute approximate surface area is 139 Å². The molecule has 0 aliphatic heterocycles. The number of para-hydroxylation sites is 1. The maximum absolute atomic E-state index is 12.0. The molecule has 116 valence electrons. The Hall–Kier alpha value is -1.81. The first-order valence-corrected chi connectivity index (χ1v) is 8.15. The van der Waals surface area contributed by atoms with Crippen molar-refractivity contribution in [1.82, 2.24) is 5.32 Å². The molecule has 4 heteroatoms. The maximum Gasteiger partial charge on any atom is 0.258 e. The molecule has 0 aliphatic rings. The van der Waals surface area contributed by atoms with Crippen LogP contribution in [0.5, 0.6) is 5.75 Å². The first-order valence-electron chi connectivity index (χ1n) is 7.35. The van der Waals surface area contributed by atoms with E-state index in [2.05, 4.69) is 28.2 Å². The Balaban J connectivity index is 1.88. The number of amides is 1. The summed E-state index contributed by atoms with van der Waals surface area (Å²) in [6, 6.07) is 15.6. The molecule has 0 saturated carbocycles. The Morgan fingerprint density at radius 1 is 1.18 bits per heavy atom. The van der Waals surface area contributed by atoms with Gasteiger partial charge in [0.2, 0.25) is 0 Å². The molecule has 0 aromatic heterocycles. The van der Waals surface area contributed by atoms with Gasteiger partial charge in [-0.05, 0) is 42.7 Å². The second kappa shape index (κ2) is 7.99. The van der Waals surface area contributed by atoms with E-state index < -0.39 is 0 Å². The number of halogens is 1. The Morgan fingerprint density at radius 2 is 1.86 bits per heavy atom. The molecule has 0 radical (unpaired) electrons. The van der Waals surface area contributed by atoms with E-state index >= 15 is 0 Å². The summed E-state index contributed by atoms with van der Waals surface area (Å²) < 4.78 is 6.65. The summed E-state index contributed by atoms with van der Waals surface area (Å²) >= 11 is 3.40. The molecule has 1 unspecified atom stereocenters. The van der Waals surface area contributed by atoms with Gasteiger partial charge in [-0.1, -0.05) is 53.2 Å². The predicted molar refractivity (Wildman–Crippen MR) is 92.0 cm³/mol. The average Bonchev–Trinajstić information content (AvgIpc) is 2.53. The fraction of sp³-hybridized carbons (Fsp3) is 0.278. The summed E-state index contributed by atoms with van der Waals surface area (Å²) in [6.45, 7) is 4.05. The summed E-state index contributed by atoms with van der Waals surface area (Å²) in [6.07, 6.45) is 0.882. The Morgan fingerprint density at radius 3 is 2.55 bits per heavy atom. The zero-order chi connectivity index (χ0) is 15.9. The lowest BCUT2D eigenvalue weighted by Crippen LogP contribution is -2.31. The fourth-order valence-corrected chi connectivity index (χ4v) is 2.46. The van der Waals surface area contributed by atoms with Gasteiger partial charge in [0.05, 0.1) is 6.04 Å². The van der Waals surface area contributed by atoms with Crippen molar-refractivity contribution in [1.29, 1.82) is 0 Å². The van der Waals surface area contributed by atoms with Crippen molar-refractivity contribution in [2.45, 2.75) is 26.3 Å². The van der Waals surface area contributed by atoms with Crippen LogP contribution in [0.15, 0.2) is 53.0 Å². The molecule has 0 aliphatic carbocycles. The molecule has 22 heavy (non-hydrogen) atoms. The Bertz CT molecular complexity index is 625. The molecule has 3 nitrogen and oxygen atoms in total. The third kappa shape index (κ3) is 4.60. The summed E-state index contributed by atoms with van der Waals surface area (Å²) in [5.74, 6) is 0.651. The van der Waals surface area contributed by atoms with Gasteiger partial charge >= 0.3 is 0 Å². The van der Waals surface area contributed by atoms with Crippen molar-refractivity contribution in [2.24, 2.45) is 0 Å². The van der Waals surface area contributed by atoms with Gasteiger partial charge in [0.25, 0.3) is 5.91 Å². The van der Waals surface area contributed by atoms with Crippen LogP contribution < -0.4 is 10.1 Å². The normalized spacial score (nSPS) is 11.8. The number of benzene rings is 2. The first-order chi connectivity index (χ1) is 10.6. The van der Waals surface area contributed by atoms with Crippen LogP contribution in [0.3, 0.4) is 0 Å². The van der Waals surface area contributed by atoms with E-state index in [1.165, 1.54) is 0 Å². The molecular formula is C18H20BrNO2. The van der Waals surface area contributed by atoms with Crippen molar-refractivity contribution in [2.75, 3.05) is 6.61 Å². The van der Waals surface area contributed by atoms with Gasteiger partial charge in [-0.3, -0.25) is 4.79 Å². The van der Waals surface area contributed by atoms with E-state index in [0.717, 1.165) is 27.8 Å². The van der Waals surface area contributed by atoms with E-state index in [-0.39, 0.29) is 18.6 Å². The van der Waals surface area contributed by atoms with Gasteiger partial charge in [-0.2, -0.15) is 0 Å². The average molecular weight is 362 g/mol. The van der Waals surface area contributed by atoms with Crippen molar-refractivity contribution < 1.29 is 9.53 Å². The van der Waals surface area contributed by atoms with Crippen LogP contribution in [0.25, 0.3) is 0 Å². The second-order valence-corrected chi connectivity index (χ2v) is 6.01. The van der Waals surface area contributed by atoms with E-state index in [1.807, 2.05) is 55.5 Å². The van der Waals surface area contributed by atoms with Gasteiger partial charge < -0.3 is 10.1 Å². The minimum Gasteiger partial charge on any atom is -0.483 e. The van der Waals surface area contributed by atoms with Crippen molar-refractivity contribution >= 4 is 21.8 Å². The molecule has 1 atom stereocenters. The number of carbonyl (C=O) groups excluding carboxylic acids is 1. The number of hydrogen-bond acceptors (Lipinski definition) is 2. The number of aryl methyl sites for hydroxylation is 1. The zero-order valence-electron chi connectivity index (χ0n) is 12.8. The quantitative estimate of drug-likeness (QED) is 0.834. The van der Waals surface area contributed by atoms with Crippen molar-refractivity contribution in [3.63, 3.8) is 0 Å². The second-order valence-electron chi connectivity index (χ2n) is 5.09. The molecular weight excluding hydrogens is 342 g/mol. The lowest BCUT2D eigenvalue weighted by Gasteiger charge is -2.15. The molecule has 0 heterocycles. The molecule has 0 saturated heterocycles. The van der Waals surface area contributed by atoms with Crippen LogP contribution in [-0.2, 0) is 11.2 Å². The molecule has 1 N–H and O–H groups in total. The maximum atomic E-state index is 12.0. The minimum atomic E-state index is -0.124. The van der Waals surface area contributed by atoms with Crippen LogP contribution in [0.2, 0.25) is 0 Å². The molecule has 0 bridgehead atoms. The highest BCUT2D eigenvalue weighted by atomic mass is 79.9. The molecule has 0 fully saturated rings. The summed E-state index contributed by atoms with van der Waals surface area (Å²) in [7, 11) is 0. The molecule has 2 aromatic carbocycles. The largest absolute Gasteiger partial charge is 0.483 e. The third-order valence-corrected chi connectivity index (χ3v) is 3.99. The smallest absolute Gasteiger partial charge is 0.258 e. The lowest BCUT2D eigenvalue weighted by atomic mass is 10.1. The van der Waals surface area contributed by atoms with E-state index in [4.69, 9.17) is 4.74 Å². The van der Waals surface area contributed by atoms with Crippen LogP contribution in [0.1, 0.15) is 31.0 Å². The highest BCUT2D eigenvalue weighted by Crippen LogP contribution is 2.19. The topological polar surface area (TPSA) is 38.3 Å². The van der Waals surface area contributed by atoms with Crippen LogP contribution in [0.4, 0.5) is 0 Å². The fourth-order valence-electron chi connectivity index (χ4n) is 2.20. The molecule has 2 rings (SSSR count). The van der Waals surface area contributed by atoms with Gasteiger partial charge in [0.15, 0.2) is 6.61 Å². The Kier molecular flexibility index (Phi) is 6.01. The first kappa shape index (κ1) is 16.6. The van der Waals surface area contributed by atoms with Crippen molar-refractivity contribution in [3.05, 3.63) is 64.1 Å². The number of ether oxygens (including phenoxy) is 1. The monoisotopic (exact) mass is 361 g/mol. The van der Waals surface area contributed by atoms with Crippen LogP contribution in [-0.4, -0.2) is 12.5 Å². The summed E-state index contributed by atoms with van der Waals surface area (Å²) in [4.78, 5) is 12.0. The van der Waals surface area contributed by atoms with Gasteiger partial charge in [-0.25, -0.2) is 0 Å². The predicted octanol–water partition coefficient (Wildman–Crippen LogP) is 4.27. The van der Waals surface area contributed by atoms with Gasteiger partial charge in [0, 0.05) is 4.47 Å². The van der Waals surface area contributed by atoms with E-state index in [1.54, 1.807) is 0 Å². The molecule has 1 amide bonds. The summed E-state index contributed by atoms with van der Waals surface area (Å²) in [5, 5.41) is 2.94. The summed E-state index contributed by atoms with van der Waals surface area (Å²) in [5.41, 5.74) is 2.17. The number of hydrogen-bond donors (Lipinski definition) is 1. The number of nitrogens with one attached hydrogen (secondary N) is 1. The van der Waals surface area contributed by atoms with Crippen LogP contribution in [0, 0.1) is 0 Å². The SMILES string of the molecule is CCc1ccccc1OCC(=O)NC(C)c1ccc(Br)cc1. The minimum absolute atomic E-state index is 0.0257. The lowest BCUT2D eigenvalue weighted by molar-refractivity contribution is -0.123. The highest BCUT2D eigenvalue weighted by Gasteiger charge is 2.10.